The fourth-order valence-corrected chi connectivity index (χ4v) is 1.97. The van der Waals surface area contributed by atoms with E-state index in [1.54, 1.807) is 0 Å². The molecule has 0 aromatic rings. The first-order valence-corrected chi connectivity index (χ1v) is 7.15. The SMILES string of the molecule is C.C=C.CS(=O)(=O)NCNC1CCCCC1. The largest absolute Gasteiger partial charge is 0.301 e. The summed E-state index contributed by atoms with van der Waals surface area (Å²) in [5.74, 6) is 0. The molecule has 0 aromatic carbocycles. The Morgan fingerprint density at radius 2 is 1.69 bits per heavy atom. The van der Waals surface area contributed by atoms with Crippen molar-refractivity contribution < 1.29 is 8.42 Å². The first kappa shape index (κ1) is 18.0. The van der Waals surface area contributed by atoms with Crippen LogP contribution >= 0.6 is 0 Å². The molecule has 1 saturated carbocycles. The number of nitrogens with one attached hydrogen (secondary N) is 2. The first-order valence-electron chi connectivity index (χ1n) is 5.26. The highest BCUT2D eigenvalue weighted by molar-refractivity contribution is 7.88. The fourth-order valence-electron chi connectivity index (χ4n) is 1.62. The van der Waals surface area contributed by atoms with Gasteiger partial charge in [-0.1, -0.05) is 26.7 Å². The van der Waals surface area contributed by atoms with Gasteiger partial charge in [0, 0.05) is 6.04 Å². The quantitative estimate of drug-likeness (QED) is 0.591. The van der Waals surface area contributed by atoms with Crippen LogP contribution in [0.3, 0.4) is 0 Å². The molecule has 0 unspecified atom stereocenters. The third kappa shape index (κ3) is 10.1. The van der Waals surface area contributed by atoms with E-state index in [2.05, 4.69) is 23.2 Å². The third-order valence-corrected chi connectivity index (χ3v) is 3.00. The van der Waals surface area contributed by atoms with E-state index in [4.69, 9.17) is 0 Å². The molecule has 0 radical (unpaired) electrons. The van der Waals surface area contributed by atoms with E-state index in [1.165, 1.54) is 38.4 Å². The monoisotopic (exact) mass is 250 g/mol. The van der Waals surface area contributed by atoms with Gasteiger partial charge in [-0.05, 0) is 12.8 Å². The van der Waals surface area contributed by atoms with E-state index in [0.717, 1.165) is 0 Å². The summed E-state index contributed by atoms with van der Waals surface area (Å²) in [5, 5.41) is 3.19. The van der Waals surface area contributed by atoms with Crippen molar-refractivity contribution in [2.24, 2.45) is 0 Å². The third-order valence-electron chi connectivity index (χ3n) is 2.33. The van der Waals surface area contributed by atoms with Gasteiger partial charge in [0.1, 0.15) is 0 Å². The van der Waals surface area contributed by atoms with Gasteiger partial charge in [-0.25, -0.2) is 13.1 Å². The molecular formula is C11H26N2O2S. The van der Waals surface area contributed by atoms with E-state index in [1.807, 2.05) is 0 Å². The van der Waals surface area contributed by atoms with Gasteiger partial charge in [-0.2, -0.15) is 0 Å². The summed E-state index contributed by atoms with van der Waals surface area (Å²) in [4.78, 5) is 0. The van der Waals surface area contributed by atoms with Crippen LogP contribution in [-0.4, -0.2) is 27.4 Å². The van der Waals surface area contributed by atoms with Gasteiger partial charge >= 0.3 is 0 Å². The first-order chi connectivity index (χ1) is 7.08. The standard InChI is InChI=1S/C8H18N2O2S.C2H4.CH4/c1-13(11,12)10-7-9-8-5-3-2-4-6-8;1-2;/h8-10H,2-7H2,1H3;1-2H2;1H4. The van der Waals surface area contributed by atoms with Gasteiger partial charge < -0.3 is 5.32 Å². The fraction of sp³-hybridized carbons (Fsp3) is 0.818. The predicted molar refractivity (Wildman–Crippen MR) is 70.8 cm³/mol. The summed E-state index contributed by atoms with van der Waals surface area (Å²) in [6.45, 7) is 6.36. The molecule has 0 aliphatic heterocycles. The molecular weight excluding hydrogens is 224 g/mol. The van der Waals surface area contributed by atoms with Crippen LogP contribution in [0.2, 0.25) is 0 Å². The van der Waals surface area contributed by atoms with Crippen LogP contribution in [0.1, 0.15) is 39.5 Å². The van der Waals surface area contributed by atoms with E-state index in [9.17, 15) is 8.42 Å². The zero-order valence-electron chi connectivity index (χ0n) is 9.46. The van der Waals surface area contributed by atoms with Gasteiger partial charge in [0.15, 0.2) is 0 Å². The van der Waals surface area contributed by atoms with E-state index in [0.29, 0.717) is 12.7 Å². The lowest BCUT2D eigenvalue weighted by Crippen LogP contribution is -2.40. The maximum absolute atomic E-state index is 10.7. The topological polar surface area (TPSA) is 58.2 Å². The molecule has 1 rings (SSSR count). The van der Waals surface area contributed by atoms with Crippen molar-refractivity contribution in [1.29, 1.82) is 0 Å². The second-order valence-electron chi connectivity index (χ2n) is 3.63. The molecule has 2 N–H and O–H groups in total. The normalized spacial score (nSPS) is 16.8. The Morgan fingerprint density at radius 1 is 1.19 bits per heavy atom. The molecule has 4 nitrogen and oxygen atoms in total. The van der Waals surface area contributed by atoms with Gasteiger partial charge in [-0.15, -0.1) is 13.2 Å². The Hall–Kier alpha value is -0.390. The Balaban J connectivity index is 0. The van der Waals surface area contributed by atoms with E-state index < -0.39 is 10.0 Å². The minimum atomic E-state index is -3.04. The molecule has 0 bridgehead atoms. The molecule has 5 heteroatoms. The maximum atomic E-state index is 10.7. The number of hydrogen-bond donors (Lipinski definition) is 2. The minimum absolute atomic E-state index is 0. The van der Waals surface area contributed by atoms with Crippen molar-refractivity contribution in [3.63, 3.8) is 0 Å². The summed E-state index contributed by atoms with van der Waals surface area (Å²) >= 11 is 0. The zero-order valence-corrected chi connectivity index (χ0v) is 10.3. The van der Waals surface area contributed by atoms with Gasteiger partial charge in [0.2, 0.25) is 10.0 Å². The molecule has 0 atom stereocenters. The Labute approximate surface area is 101 Å². The van der Waals surface area contributed by atoms with Crippen molar-refractivity contribution in [3.05, 3.63) is 13.2 Å². The highest BCUT2D eigenvalue weighted by atomic mass is 32.2. The second-order valence-corrected chi connectivity index (χ2v) is 5.47. The number of hydrogen-bond acceptors (Lipinski definition) is 3. The second kappa shape index (κ2) is 9.81. The molecule has 0 amide bonds. The lowest BCUT2D eigenvalue weighted by molar-refractivity contribution is 0.372. The summed E-state index contributed by atoms with van der Waals surface area (Å²) in [5.41, 5.74) is 0. The molecule has 0 spiro atoms. The van der Waals surface area contributed by atoms with E-state index >= 15 is 0 Å². The van der Waals surface area contributed by atoms with Crippen LogP contribution in [0.15, 0.2) is 13.2 Å². The minimum Gasteiger partial charge on any atom is -0.301 e. The van der Waals surface area contributed by atoms with Crippen LogP contribution in [0.25, 0.3) is 0 Å². The molecule has 1 aliphatic rings. The average Bonchev–Trinajstić information content (AvgIpc) is 2.20. The zero-order chi connectivity index (χ0) is 11.7. The van der Waals surface area contributed by atoms with Crippen molar-refractivity contribution in [2.45, 2.75) is 45.6 Å². The van der Waals surface area contributed by atoms with Crippen LogP contribution in [0.4, 0.5) is 0 Å². The smallest absolute Gasteiger partial charge is 0.209 e. The summed E-state index contributed by atoms with van der Waals surface area (Å²) in [6, 6.07) is 0.503. The van der Waals surface area contributed by atoms with Crippen LogP contribution < -0.4 is 10.0 Å². The molecule has 16 heavy (non-hydrogen) atoms. The lowest BCUT2D eigenvalue weighted by atomic mass is 9.96. The molecule has 1 fully saturated rings. The van der Waals surface area contributed by atoms with Crippen LogP contribution in [0, 0.1) is 0 Å². The highest BCUT2D eigenvalue weighted by Crippen LogP contribution is 2.16. The Kier molecular flexibility index (Phi) is 11.0. The van der Waals surface area contributed by atoms with Gasteiger partial charge in [0.25, 0.3) is 0 Å². The summed E-state index contributed by atoms with van der Waals surface area (Å²) in [6.07, 6.45) is 7.36. The highest BCUT2D eigenvalue weighted by Gasteiger charge is 2.12. The summed E-state index contributed by atoms with van der Waals surface area (Å²) < 4.78 is 23.9. The number of sulfonamides is 1. The van der Waals surface area contributed by atoms with Crippen molar-refractivity contribution >= 4 is 10.0 Å². The average molecular weight is 250 g/mol. The Morgan fingerprint density at radius 3 is 2.12 bits per heavy atom. The van der Waals surface area contributed by atoms with E-state index in [-0.39, 0.29) is 7.43 Å². The molecule has 0 heterocycles. The summed E-state index contributed by atoms with van der Waals surface area (Å²) in [7, 11) is -3.04. The maximum Gasteiger partial charge on any atom is 0.209 e. The lowest BCUT2D eigenvalue weighted by Gasteiger charge is -2.22. The van der Waals surface area contributed by atoms with Crippen LogP contribution in [0.5, 0.6) is 0 Å². The molecule has 98 valence electrons. The van der Waals surface area contributed by atoms with Crippen LogP contribution in [-0.2, 0) is 10.0 Å². The predicted octanol–water partition coefficient (Wildman–Crippen LogP) is 1.85. The molecule has 1 aliphatic carbocycles. The van der Waals surface area contributed by atoms with Gasteiger partial charge in [0.05, 0.1) is 12.9 Å². The van der Waals surface area contributed by atoms with Crippen molar-refractivity contribution in [2.75, 3.05) is 12.9 Å². The number of rotatable bonds is 4. The van der Waals surface area contributed by atoms with Crippen molar-refractivity contribution in [1.82, 2.24) is 10.0 Å². The van der Waals surface area contributed by atoms with Gasteiger partial charge in [-0.3, -0.25) is 0 Å². The molecule has 0 saturated heterocycles. The van der Waals surface area contributed by atoms with Crippen molar-refractivity contribution in [3.8, 4) is 0 Å². The molecule has 0 aromatic heterocycles. The Bertz CT molecular complexity index is 247.